The van der Waals surface area contributed by atoms with Crippen LogP contribution in [0.3, 0.4) is 0 Å². The summed E-state index contributed by atoms with van der Waals surface area (Å²) in [4.78, 5) is 4.25. The fourth-order valence-corrected chi connectivity index (χ4v) is 1.90. The molecule has 1 N–H and O–H groups in total. The molecule has 5 nitrogen and oxygen atoms in total. The predicted molar refractivity (Wildman–Crippen MR) is 60.0 cm³/mol. The maximum Gasteiger partial charge on any atom is 0.182 e. The van der Waals surface area contributed by atoms with Gasteiger partial charge in [-0.2, -0.15) is 0 Å². The molecule has 3 heterocycles. The van der Waals surface area contributed by atoms with E-state index in [1.54, 1.807) is 6.20 Å². The lowest BCUT2D eigenvalue weighted by Gasteiger charge is -2.15. The van der Waals surface area contributed by atoms with Crippen LogP contribution in [0, 0.1) is 0 Å². The molecule has 1 aliphatic rings. The number of nitrogens with zero attached hydrogens (tertiary/aromatic N) is 4. The molecular formula is C10H10ClN5. The van der Waals surface area contributed by atoms with E-state index in [0.29, 0.717) is 5.02 Å². The Morgan fingerprint density at radius 2 is 2.25 bits per heavy atom. The number of hydrogen-bond donors (Lipinski definition) is 1. The van der Waals surface area contributed by atoms with Gasteiger partial charge in [0.15, 0.2) is 5.82 Å². The molecule has 3 rings (SSSR count). The molecule has 0 saturated heterocycles. The van der Waals surface area contributed by atoms with Gasteiger partial charge in [0.05, 0.1) is 11.6 Å². The summed E-state index contributed by atoms with van der Waals surface area (Å²) in [5.74, 6) is 1.77. The van der Waals surface area contributed by atoms with Crippen LogP contribution in [0.2, 0.25) is 5.02 Å². The van der Waals surface area contributed by atoms with E-state index in [9.17, 15) is 0 Å². The highest BCUT2D eigenvalue weighted by molar-refractivity contribution is 6.30. The number of hydrogen-bond acceptors (Lipinski definition) is 4. The molecule has 16 heavy (non-hydrogen) atoms. The van der Waals surface area contributed by atoms with Crippen molar-refractivity contribution < 1.29 is 0 Å². The molecule has 6 heteroatoms. The van der Waals surface area contributed by atoms with Gasteiger partial charge in [0.2, 0.25) is 0 Å². The first kappa shape index (κ1) is 9.74. The fraction of sp³-hybridized carbons (Fsp3) is 0.300. The summed E-state index contributed by atoms with van der Waals surface area (Å²) in [5.41, 5.74) is 0.810. The normalized spacial score (nSPS) is 14.8. The number of pyridine rings is 1. The van der Waals surface area contributed by atoms with Gasteiger partial charge >= 0.3 is 0 Å². The van der Waals surface area contributed by atoms with Gasteiger partial charge in [-0.1, -0.05) is 11.6 Å². The summed E-state index contributed by atoms with van der Waals surface area (Å²) in [6.07, 6.45) is 1.62. The van der Waals surface area contributed by atoms with E-state index >= 15 is 0 Å². The minimum Gasteiger partial charge on any atom is -0.308 e. The summed E-state index contributed by atoms with van der Waals surface area (Å²) < 4.78 is 2.09. The van der Waals surface area contributed by atoms with Gasteiger partial charge in [-0.15, -0.1) is 10.2 Å². The van der Waals surface area contributed by atoms with Crippen LogP contribution in [0.1, 0.15) is 5.82 Å². The molecule has 1 aliphatic heterocycles. The predicted octanol–water partition coefficient (Wildman–Crippen LogP) is 1.10. The molecule has 0 fully saturated rings. The van der Waals surface area contributed by atoms with Crippen LogP contribution in [-0.4, -0.2) is 26.3 Å². The SMILES string of the molecule is Clc1ccc(-c2nnc3n2CCNC3)nc1. The van der Waals surface area contributed by atoms with Crippen molar-refractivity contribution in [3.63, 3.8) is 0 Å². The Bertz CT molecular complexity index is 504. The largest absolute Gasteiger partial charge is 0.308 e. The highest BCUT2D eigenvalue weighted by Crippen LogP contribution is 2.18. The molecule has 0 aromatic carbocycles. The van der Waals surface area contributed by atoms with E-state index in [-0.39, 0.29) is 0 Å². The Labute approximate surface area is 97.5 Å². The lowest BCUT2D eigenvalue weighted by molar-refractivity contribution is 0.508. The second-order valence-electron chi connectivity index (χ2n) is 3.63. The van der Waals surface area contributed by atoms with Crippen LogP contribution in [0.5, 0.6) is 0 Å². The van der Waals surface area contributed by atoms with E-state index < -0.39 is 0 Å². The quantitative estimate of drug-likeness (QED) is 0.804. The van der Waals surface area contributed by atoms with Crippen LogP contribution in [0.25, 0.3) is 11.5 Å². The minimum atomic E-state index is 0.629. The van der Waals surface area contributed by atoms with Crippen LogP contribution >= 0.6 is 11.6 Å². The van der Waals surface area contributed by atoms with Crippen molar-refractivity contribution in [2.45, 2.75) is 13.1 Å². The average molecular weight is 236 g/mol. The van der Waals surface area contributed by atoms with Gasteiger partial charge in [-0.05, 0) is 12.1 Å². The maximum atomic E-state index is 5.80. The van der Waals surface area contributed by atoms with Gasteiger partial charge in [-0.3, -0.25) is 4.98 Å². The van der Waals surface area contributed by atoms with E-state index in [1.807, 2.05) is 12.1 Å². The summed E-state index contributed by atoms with van der Waals surface area (Å²) in [5, 5.41) is 12.2. The van der Waals surface area contributed by atoms with E-state index in [4.69, 9.17) is 11.6 Å². The molecule has 0 amide bonds. The lowest BCUT2D eigenvalue weighted by atomic mass is 10.3. The van der Waals surface area contributed by atoms with Gasteiger partial charge in [0.1, 0.15) is 11.5 Å². The van der Waals surface area contributed by atoms with Crippen LogP contribution in [0.4, 0.5) is 0 Å². The zero-order valence-electron chi connectivity index (χ0n) is 8.52. The van der Waals surface area contributed by atoms with E-state index in [1.165, 1.54) is 0 Å². The van der Waals surface area contributed by atoms with E-state index in [2.05, 4.69) is 25.1 Å². The molecule has 0 saturated carbocycles. The number of nitrogens with one attached hydrogen (secondary N) is 1. The first-order chi connectivity index (χ1) is 7.84. The minimum absolute atomic E-state index is 0.629. The highest BCUT2D eigenvalue weighted by atomic mass is 35.5. The van der Waals surface area contributed by atoms with Gasteiger partial charge < -0.3 is 9.88 Å². The second kappa shape index (κ2) is 3.84. The molecule has 2 aromatic heterocycles. The van der Waals surface area contributed by atoms with Gasteiger partial charge in [0, 0.05) is 19.3 Å². The summed E-state index contributed by atoms with van der Waals surface area (Å²) in [7, 11) is 0. The van der Waals surface area contributed by atoms with Crippen LogP contribution in [-0.2, 0) is 13.1 Å². The van der Waals surface area contributed by atoms with Crippen LogP contribution in [0.15, 0.2) is 18.3 Å². The zero-order valence-corrected chi connectivity index (χ0v) is 9.28. The standard InChI is InChI=1S/C10H10ClN5/c11-7-1-2-8(13-5-7)10-15-14-9-6-12-3-4-16(9)10/h1-2,5,12H,3-4,6H2. The molecule has 0 bridgehead atoms. The molecule has 2 aromatic rings. The molecule has 0 unspecified atom stereocenters. The highest BCUT2D eigenvalue weighted by Gasteiger charge is 2.16. The monoisotopic (exact) mass is 235 g/mol. The van der Waals surface area contributed by atoms with E-state index in [0.717, 1.165) is 37.0 Å². The zero-order chi connectivity index (χ0) is 11.0. The first-order valence-corrected chi connectivity index (χ1v) is 5.47. The summed E-state index contributed by atoms with van der Waals surface area (Å²) in [6, 6.07) is 3.67. The number of aromatic nitrogens is 4. The second-order valence-corrected chi connectivity index (χ2v) is 4.07. The topological polar surface area (TPSA) is 55.6 Å². The smallest absolute Gasteiger partial charge is 0.182 e. The third kappa shape index (κ3) is 1.58. The Hall–Kier alpha value is -1.46. The van der Waals surface area contributed by atoms with Crippen molar-refractivity contribution >= 4 is 11.6 Å². The molecule has 0 spiro atoms. The summed E-state index contributed by atoms with van der Waals surface area (Å²) >= 11 is 5.80. The van der Waals surface area contributed by atoms with Gasteiger partial charge in [0.25, 0.3) is 0 Å². The molecule has 0 atom stereocenters. The van der Waals surface area contributed by atoms with Crippen molar-refractivity contribution in [3.05, 3.63) is 29.2 Å². The fourth-order valence-electron chi connectivity index (χ4n) is 1.79. The van der Waals surface area contributed by atoms with Crippen LogP contribution < -0.4 is 5.32 Å². The lowest BCUT2D eigenvalue weighted by Crippen LogP contribution is -2.28. The molecular weight excluding hydrogens is 226 g/mol. The molecule has 0 radical (unpaired) electrons. The number of fused-ring (bicyclic) bond motifs is 1. The van der Waals surface area contributed by atoms with Crippen molar-refractivity contribution in [2.75, 3.05) is 6.54 Å². The van der Waals surface area contributed by atoms with Crippen molar-refractivity contribution in [3.8, 4) is 11.5 Å². The number of halogens is 1. The maximum absolute atomic E-state index is 5.80. The molecule has 82 valence electrons. The van der Waals surface area contributed by atoms with Crippen molar-refractivity contribution in [1.82, 2.24) is 25.1 Å². The van der Waals surface area contributed by atoms with Gasteiger partial charge in [-0.25, -0.2) is 0 Å². The Kier molecular flexibility index (Phi) is 2.34. The first-order valence-electron chi connectivity index (χ1n) is 5.09. The third-order valence-electron chi connectivity index (χ3n) is 2.58. The summed E-state index contributed by atoms with van der Waals surface area (Å²) in [6.45, 7) is 2.58. The van der Waals surface area contributed by atoms with Crippen molar-refractivity contribution in [2.24, 2.45) is 0 Å². The third-order valence-corrected chi connectivity index (χ3v) is 2.80. The average Bonchev–Trinajstić information content (AvgIpc) is 2.74. The Morgan fingerprint density at radius 3 is 3.06 bits per heavy atom. The van der Waals surface area contributed by atoms with Crippen molar-refractivity contribution in [1.29, 1.82) is 0 Å². The Balaban J connectivity index is 2.06. The Morgan fingerprint density at radius 1 is 1.31 bits per heavy atom. The number of rotatable bonds is 1. The molecule has 0 aliphatic carbocycles.